The average molecular weight is 269 g/mol. The molecular formula is C14H15N5O. The second-order valence-electron chi connectivity index (χ2n) is 4.74. The number of carbonyl (C=O) groups is 1. The normalized spacial score (nSPS) is 12.5. The molecule has 3 aromatic rings. The summed E-state index contributed by atoms with van der Waals surface area (Å²) in [5.41, 5.74) is 3.15. The molecule has 3 N–H and O–H groups in total. The van der Waals surface area contributed by atoms with Gasteiger partial charge in [0, 0.05) is 5.69 Å². The lowest BCUT2D eigenvalue weighted by Gasteiger charge is -2.10. The van der Waals surface area contributed by atoms with Gasteiger partial charge in [-0.15, -0.1) is 0 Å². The third kappa shape index (κ3) is 2.16. The fourth-order valence-electron chi connectivity index (χ4n) is 2.10. The Balaban J connectivity index is 1.80. The fourth-order valence-corrected chi connectivity index (χ4v) is 2.10. The zero-order valence-electron chi connectivity index (χ0n) is 11.3. The van der Waals surface area contributed by atoms with E-state index in [0.29, 0.717) is 5.56 Å². The van der Waals surface area contributed by atoms with Crippen LogP contribution in [0.2, 0.25) is 0 Å². The number of nitrogens with one attached hydrogen (secondary N) is 3. The van der Waals surface area contributed by atoms with E-state index in [1.165, 1.54) is 6.20 Å². The predicted molar refractivity (Wildman–Crippen MR) is 75.3 cm³/mol. The van der Waals surface area contributed by atoms with Crippen molar-refractivity contribution < 1.29 is 4.79 Å². The Morgan fingerprint density at radius 1 is 1.35 bits per heavy atom. The van der Waals surface area contributed by atoms with Crippen LogP contribution < -0.4 is 5.32 Å². The zero-order valence-corrected chi connectivity index (χ0v) is 11.3. The monoisotopic (exact) mass is 269 g/mol. The van der Waals surface area contributed by atoms with Gasteiger partial charge in [-0.2, -0.15) is 5.10 Å². The van der Waals surface area contributed by atoms with E-state index in [0.717, 1.165) is 22.6 Å². The van der Waals surface area contributed by atoms with Crippen molar-refractivity contribution in [3.63, 3.8) is 0 Å². The van der Waals surface area contributed by atoms with Crippen LogP contribution in [0.5, 0.6) is 0 Å². The highest BCUT2D eigenvalue weighted by Crippen LogP contribution is 2.16. The molecule has 102 valence electrons. The maximum Gasteiger partial charge on any atom is 0.255 e. The van der Waals surface area contributed by atoms with Gasteiger partial charge in [0.2, 0.25) is 0 Å². The quantitative estimate of drug-likeness (QED) is 0.680. The number of aromatic amines is 2. The smallest absolute Gasteiger partial charge is 0.255 e. The van der Waals surface area contributed by atoms with E-state index in [1.807, 2.05) is 38.1 Å². The summed E-state index contributed by atoms with van der Waals surface area (Å²) in [7, 11) is 0. The van der Waals surface area contributed by atoms with Crippen LogP contribution >= 0.6 is 0 Å². The van der Waals surface area contributed by atoms with Gasteiger partial charge in [-0.1, -0.05) is 12.1 Å². The molecule has 1 aromatic carbocycles. The molecule has 2 heterocycles. The van der Waals surface area contributed by atoms with Crippen LogP contribution in [0, 0.1) is 6.92 Å². The molecule has 0 aliphatic heterocycles. The molecule has 20 heavy (non-hydrogen) atoms. The van der Waals surface area contributed by atoms with E-state index < -0.39 is 0 Å². The summed E-state index contributed by atoms with van der Waals surface area (Å²) in [6, 6.07) is 7.57. The summed E-state index contributed by atoms with van der Waals surface area (Å²) < 4.78 is 0. The number of aromatic nitrogens is 4. The average Bonchev–Trinajstić information content (AvgIpc) is 3.04. The topological polar surface area (TPSA) is 86.5 Å². The van der Waals surface area contributed by atoms with E-state index in [-0.39, 0.29) is 11.9 Å². The van der Waals surface area contributed by atoms with Gasteiger partial charge in [0.05, 0.1) is 28.8 Å². The Morgan fingerprint density at radius 2 is 2.15 bits per heavy atom. The highest BCUT2D eigenvalue weighted by atomic mass is 16.1. The second kappa shape index (κ2) is 4.80. The Bertz CT molecular complexity index is 725. The molecule has 0 saturated heterocycles. The highest BCUT2D eigenvalue weighted by Gasteiger charge is 2.16. The molecule has 1 unspecified atom stereocenters. The molecule has 0 spiro atoms. The van der Waals surface area contributed by atoms with Gasteiger partial charge in [0.25, 0.3) is 5.91 Å². The number of amides is 1. The first kappa shape index (κ1) is 12.4. The van der Waals surface area contributed by atoms with Crippen LogP contribution in [-0.4, -0.2) is 26.1 Å². The lowest BCUT2D eigenvalue weighted by atomic mass is 10.2. The molecule has 0 saturated carbocycles. The summed E-state index contributed by atoms with van der Waals surface area (Å²) in [4.78, 5) is 19.8. The van der Waals surface area contributed by atoms with Crippen molar-refractivity contribution in [3.05, 3.63) is 47.5 Å². The van der Waals surface area contributed by atoms with Gasteiger partial charge in [-0.05, 0) is 26.0 Å². The Hall–Kier alpha value is -2.63. The summed E-state index contributed by atoms with van der Waals surface area (Å²) in [5.74, 6) is 0.574. The lowest BCUT2D eigenvalue weighted by molar-refractivity contribution is 0.0938. The molecule has 6 heteroatoms. The van der Waals surface area contributed by atoms with Gasteiger partial charge in [0.15, 0.2) is 0 Å². The number of hydrogen-bond donors (Lipinski definition) is 3. The van der Waals surface area contributed by atoms with Crippen LogP contribution in [0.3, 0.4) is 0 Å². The molecular weight excluding hydrogens is 254 g/mol. The molecule has 1 atom stereocenters. The van der Waals surface area contributed by atoms with Crippen LogP contribution in [0.25, 0.3) is 11.0 Å². The van der Waals surface area contributed by atoms with Crippen molar-refractivity contribution >= 4 is 16.9 Å². The summed E-state index contributed by atoms with van der Waals surface area (Å²) in [5, 5.41) is 9.51. The maximum absolute atomic E-state index is 12.1. The van der Waals surface area contributed by atoms with Crippen LogP contribution in [-0.2, 0) is 0 Å². The summed E-state index contributed by atoms with van der Waals surface area (Å²) in [6.07, 6.45) is 1.52. The molecule has 0 aliphatic rings. The number of fused-ring (bicyclic) bond motifs is 1. The first-order valence-corrected chi connectivity index (χ1v) is 6.40. The standard InChI is InChI=1S/C14H15N5O/c1-8-10(7-15-19-8)14(20)16-9(2)13-17-11-5-3-4-6-12(11)18-13/h3-7,9H,1-2H3,(H,15,19)(H,16,20)(H,17,18). The second-order valence-corrected chi connectivity index (χ2v) is 4.74. The number of benzene rings is 1. The van der Waals surface area contributed by atoms with Crippen molar-refractivity contribution in [2.24, 2.45) is 0 Å². The summed E-state index contributed by atoms with van der Waals surface area (Å²) in [6.45, 7) is 3.71. The molecule has 2 aromatic heterocycles. The van der Waals surface area contributed by atoms with Crippen molar-refractivity contribution in [1.82, 2.24) is 25.5 Å². The molecule has 0 fully saturated rings. The minimum Gasteiger partial charge on any atom is -0.342 e. The first-order chi connectivity index (χ1) is 9.65. The Morgan fingerprint density at radius 3 is 2.85 bits per heavy atom. The summed E-state index contributed by atoms with van der Waals surface area (Å²) >= 11 is 0. The largest absolute Gasteiger partial charge is 0.342 e. The number of carbonyl (C=O) groups excluding carboxylic acids is 1. The van der Waals surface area contributed by atoms with E-state index in [9.17, 15) is 4.79 Å². The van der Waals surface area contributed by atoms with Gasteiger partial charge in [0.1, 0.15) is 5.82 Å². The highest BCUT2D eigenvalue weighted by molar-refractivity contribution is 5.95. The van der Waals surface area contributed by atoms with Crippen molar-refractivity contribution in [3.8, 4) is 0 Å². The van der Waals surface area contributed by atoms with Gasteiger partial charge < -0.3 is 10.3 Å². The number of nitrogens with zero attached hydrogens (tertiary/aromatic N) is 2. The third-order valence-corrected chi connectivity index (χ3v) is 3.24. The van der Waals surface area contributed by atoms with Crippen LogP contribution in [0.1, 0.15) is 34.8 Å². The Kier molecular flexibility index (Phi) is 2.98. The fraction of sp³-hybridized carbons (Fsp3) is 0.214. The maximum atomic E-state index is 12.1. The molecule has 0 radical (unpaired) electrons. The van der Waals surface area contributed by atoms with E-state index >= 15 is 0 Å². The SMILES string of the molecule is Cc1[nH]ncc1C(=O)NC(C)c1nc2ccccc2[nH]1. The predicted octanol–water partition coefficient (Wildman–Crippen LogP) is 2.09. The zero-order chi connectivity index (χ0) is 14.1. The number of H-pyrrole nitrogens is 2. The molecule has 3 rings (SSSR count). The van der Waals surface area contributed by atoms with Crippen LogP contribution in [0.15, 0.2) is 30.5 Å². The van der Waals surface area contributed by atoms with Crippen molar-refractivity contribution in [1.29, 1.82) is 0 Å². The molecule has 1 amide bonds. The minimum absolute atomic E-state index is 0.163. The van der Waals surface area contributed by atoms with E-state index in [2.05, 4.69) is 25.5 Å². The number of imidazole rings is 1. The number of para-hydroxylation sites is 2. The van der Waals surface area contributed by atoms with Gasteiger partial charge in [-0.25, -0.2) is 4.98 Å². The lowest BCUT2D eigenvalue weighted by Crippen LogP contribution is -2.27. The van der Waals surface area contributed by atoms with Gasteiger partial charge >= 0.3 is 0 Å². The van der Waals surface area contributed by atoms with Crippen molar-refractivity contribution in [2.45, 2.75) is 19.9 Å². The van der Waals surface area contributed by atoms with E-state index in [1.54, 1.807) is 0 Å². The Labute approximate surface area is 115 Å². The van der Waals surface area contributed by atoms with Crippen molar-refractivity contribution in [2.75, 3.05) is 0 Å². The van der Waals surface area contributed by atoms with Gasteiger partial charge in [-0.3, -0.25) is 9.89 Å². The third-order valence-electron chi connectivity index (χ3n) is 3.24. The number of aryl methyl sites for hydroxylation is 1. The molecule has 0 bridgehead atoms. The number of hydrogen-bond acceptors (Lipinski definition) is 3. The minimum atomic E-state index is -0.204. The molecule has 6 nitrogen and oxygen atoms in total. The molecule has 0 aliphatic carbocycles. The first-order valence-electron chi connectivity index (χ1n) is 6.40. The van der Waals surface area contributed by atoms with Crippen LogP contribution in [0.4, 0.5) is 0 Å². The van der Waals surface area contributed by atoms with E-state index in [4.69, 9.17) is 0 Å². The number of rotatable bonds is 3.